The van der Waals surface area contributed by atoms with Gasteiger partial charge in [0.15, 0.2) is 0 Å². The van der Waals surface area contributed by atoms with E-state index >= 15 is 0 Å². The molecule has 0 aliphatic heterocycles. The van der Waals surface area contributed by atoms with E-state index < -0.39 is 0 Å². The minimum absolute atomic E-state index is 0.742. The Morgan fingerprint density at radius 1 is 0.581 bits per heavy atom. The van der Waals surface area contributed by atoms with Crippen molar-refractivity contribution < 1.29 is 9.47 Å². The molecule has 0 spiro atoms. The molecule has 2 fully saturated rings. The van der Waals surface area contributed by atoms with Crippen molar-refractivity contribution in [3.8, 4) is 11.5 Å². The Hall–Kier alpha value is -1.18. The van der Waals surface area contributed by atoms with E-state index in [1.165, 1.54) is 96.3 Å². The molecule has 176 valence electrons. The lowest BCUT2D eigenvalue weighted by atomic mass is 9.78. The normalized spacial score (nSPS) is 26.5. The topological polar surface area (TPSA) is 18.5 Å². The van der Waals surface area contributed by atoms with E-state index in [0.29, 0.717) is 0 Å². The smallest absolute Gasteiger partial charge is 0.119 e. The van der Waals surface area contributed by atoms with Crippen LogP contribution in [0, 0.1) is 23.7 Å². The number of ether oxygens (including phenoxy) is 2. The van der Waals surface area contributed by atoms with Gasteiger partial charge in [-0.05, 0) is 73.6 Å². The predicted molar refractivity (Wildman–Crippen MR) is 132 cm³/mol. The van der Waals surface area contributed by atoms with Gasteiger partial charge in [-0.3, -0.25) is 0 Å². The van der Waals surface area contributed by atoms with Gasteiger partial charge < -0.3 is 9.47 Å². The van der Waals surface area contributed by atoms with Gasteiger partial charge in [-0.15, -0.1) is 0 Å². The first-order valence-electron chi connectivity index (χ1n) is 13.6. The molecule has 0 N–H and O–H groups in total. The fourth-order valence-corrected chi connectivity index (χ4v) is 5.80. The fourth-order valence-electron chi connectivity index (χ4n) is 5.80. The molecule has 2 saturated carbocycles. The van der Waals surface area contributed by atoms with E-state index in [4.69, 9.17) is 9.47 Å². The lowest BCUT2D eigenvalue weighted by Crippen LogP contribution is -2.20. The minimum atomic E-state index is 0.742. The second-order valence-electron chi connectivity index (χ2n) is 10.5. The standard InChI is InChI=1S/C29H48O2/c1-3-5-8-25-14-16-27(17-15-25)23-31-29-20-18-28(19-21-29)30-22-6-9-26-12-10-24(7-4-2)11-13-26/h18-21,24-27H,3-17,22-23H2,1-2H3/t24-,25-,26-,27-. The van der Waals surface area contributed by atoms with Crippen LogP contribution in [0.5, 0.6) is 11.5 Å². The van der Waals surface area contributed by atoms with Crippen LogP contribution < -0.4 is 9.47 Å². The lowest BCUT2D eigenvalue weighted by Gasteiger charge is -2.28. The third-order valence-corrected chi connectivity index (χ3v) is 7.93. The SMILES string of the molecule is CCCC[C@H]1CC[C@H](COc2ccc(OCCC[C@H]3CC[C@H](CCC)CC3)cc2)CC1. The highest BCUT2D eigenvalue weighted by atomic mass is 16.5. The van der Waals surface area contributed by atoms with Crippen molar-refractivity contribution in [2.75, 3.05) is 13.2 Å². The molecule has 3 rings (SSSR count). The quantitative estimate of drug-likeness (QED) is 0.292. The van der Waals surface area contributed by atoms with E-state index in [0.717, 1.165) is 48.4 Å². The summed E-state index contributed by atoms with van der Waals surface area (Å²) in [6.07, 6.45) is 20.8. The summed E-state index contributed by atoms with van der Waals surface area (Å²) in [7, 11) is 0. The molecule has 0 saturated heterocycles. The molecule has 0 bridgehead atoms. The van der Waals surface area contributed by atoms with Crippen LogP contribution in [0.1, 0.15) is 110 Å². The molecule has 1 aromatic carbocycles. The monoisotopic (exact) mass is 428 g/mol. The lowest BCUT2D eigenvalue weighted by molar-refractivity contribution is 0.178. The highest BCUT2D eigenvalue weighted by Gasteiger charge is 2.21. The second kappa shape index (κ2) is 14.1. The molecule has 2 aliphatic carbocycles. The maximum absolute atomic E-state index is 6.09. The van der Waals surface area contributed by atoms with Gasteiger partial charge in [-0.1, -0.05) is 84.5 Å². The zero-order valence-corrected chi connectivity index (χ0v) is 20.5. The number of benzene rings is 1. The largest absolute Gasteiger partial charge is 0.494 e. The van der Waals surface area contributed by atoms with Crippen LogP contribution >= 0.6 is 0 Å². The van der Waals surface area contributed by atoms with Crippen molar-refractivity contribution in [2.24, 2.45) is 23.7 Å². The Labute approximate surface area is 192 Å². The summed E-state index contributed by atoms with van der Waals surface area (Å²) < 4.78 is 12.1. The molecule has 0 radical (unpaired) electrons. The van der Waals surface area contributed by atoms with Gasteiger partial charge in [0.25, 0.3) is 0 Å². The zero-order chi connectivity index (χ0) is 21.7. The van der Waals surface area contributed by atoms with E-state index in [1.54, 1.807) is 0 Å². The van der Waals surface area contributed by atoms with E-state index in [-0.39, 0.29) is 0 Å². The van der Waals surface area contributed by atoms with Gasteiger partial charge in [0, 0.05) is 0 Å². The summed E-state index contributed by atoms with van der Waals surface area (Å²) in [5, 5.41) is 0. The maximum atomic E-state index is 6.09. The number of hydrogen-bond acceptors (Lipinski definition) is 2. The first-order chi connectivity index (χ1) is 15.3. The molecular weight excluding hydrogens is 380 g/mol. The Balaban J connectivity index is 1.24. The summed E-state index contributed by atoms with van der Waals surface area (Å²) in [4.78, 5) is 0. The number of rotatable bonds is 13. The Morgan fingerprint density at radius 2 is 1.06 bits per heavy atom. The van der Waals surface area contributed by atoms with Crippen LogP contribution in [-0.4, -0.2) is 13.2 Å². The summed E-state index contributed by atoms with van der Waals surface area (Å²) >= 11 is 0. The molecule has 0 amide bonds. The van der Waals surface area contributed by atoms with Crippen LogP contribution in [0.2, 0.25) is 0 Å². The summed E-state index contributed by atoms with van der Waals surface area (Å²) in [5.41, 5.74) is 0. The molecule has 2 aliphatic rings. The van der Waals surface area contributed by atoms with Gasteiger partial charge in [0.1, 0.15) is 11.5 Å². The number of hydrogen-bond donors (Lipinski definition) is 0. The summed E-state index contributed by atoms with van der Waals surface area (Å²) in [5.74, 6) is 5.64. The average Bonchev–Trinajstić information content (AvgIpc) is 2.82. The second-order valence-corrected chi connectivity index (χ2v) is 10.5. The highest BCUT2D eigenvalue weighted by molar-refractivity contribution is 5.31. The molecule has 0 unspecified atom stereocenters. The molecule has 0 atom stereocenters. The average molecular weight is 429 g/mol. The predicted octanol–water partition coefficient (Wildman–Crippen LogP) is 8.83. The minimum Gasteiger partial charge on any atom is -0.494 e. The van der Waals surface area contributed by atoms with Gasteiger partial charge >= 0.3 is 0 Å². The first kappa shape index (κ1) is 24.5. The maximum Gasteiger partial charge on any atom is 0.119 e. The fraction of sp³-hybridized carbons (Fsp3) is 0.793. The highest BCUT2D eigenvalue weighted by Crippen LogP contribution is 2.34. The van der Waals surface area contributed by atoms with Gasteiger partial charge in [-0.2, -0.15) is 0 Å². The van der Waals surface area contributed by atoms with Crippen LogP contribution in [0.4, 0.5) is 0 Å². The molecule has 31 heavy (non-hydrogen) atoms. The van der Waals surface area contributed by atoms with Crippen molar-refractivity contribution in [3.05, 3.63) is 24.3 Å². The van der Waals surface area contributed by atoms with Crippen LogP contribution in [0.3, 0.4) is 0 Å². The van der Waals surface area contributed by atoms with Gasteiger partial charge in [0.2, 0.25) is 0 Å². The zero-order valence-electron chi connectivity index (χ0n) is 20.5. The van der Waals surface area contributed by atoms with Crippen molar-refractivity contribution in [1.82, 2.24) is 0 Å². The van der Waals surface area contributed by atoms with E-state index in [9.17, 15) is 0 Å². The molecule has 2 nitrogen and oxygen atoms in total. The molecule has 1 aromatic rings. The molecule has 0 aromatic heterocycles. The third kappa shape index (κ3) is 9.07. The van der Waals surface area contributed by atoms with Crippen LogP contribution in [-0.2, 0) is 0 Å². The molecule has 0 heterocycles. The van der Waals surface area contributed by atoms with Crippen LogP contribution in [0.15, 0.2) is 24.3 Å². The first-order valence-corrected chi connectivity index (χ1v) is 13.6. The summed E-state index contributed by atoms with van der Waals surface area (Å²) in [6.45, 7) is 6.34. The third-order valence-electron chi connectivity index (χ3n) is 7.93. The van der Waals surface area contributed by atoms with Crippen molar-refractivity contribution in [1.29, 1.82) is 0 Å². The van der Waals surface area contributed by atoms with Gasteiger partial charge in [0.05, 0.1) is 13.2 Å². The van der Waals surface area contributed by atoms with E-state index in [1.807, 2.05) is 0 Å². The van der Waals surface area contributed by atoms with Crippen molar-refractivity contribution in [3.63, 3.8) is 0 Å². The molecule has 2 heteroatoms. The Bertz CT molecular complexity index is 565. The van der Waals surface area contributed by atoms with Crippen molar-refractivity contribution in [2.45, 2.75) is 110 Å². The number of unbranched alkanes of at least 4 members (excludes halogenated alkanes) is 1. The molecular formula is C29H48O2. The Kier molecular flexibility index (Phi) is 11.1. The van der Waals surface area contributed by atoms with Crippen molar-refractivity contribution >= 4 is 0 Å². The Morgan fingerprint density at radius 3 is 1.61 bits per heavy atom. The summed E-state index contributed by atoms with van der Waals surface area (Å²) in [6, 6.07) is 8.31. The van der Waals surface area contributed by atoms with Gasteiger partial charge in [-0.25, -0.2) is 0 Å². The van der Waals surface area contributed by atoms with E-state index in [2.05, 4.69) is 38.1 Å². The van der Waals surface area contributed by atoms with Crippen LogP contribution in [0.25, 0.3) is 0 Å².